The Balaban J connectivity index is 1.79. The second kappa shape index (κ2) is 6.20. The van der Waals surface area contributed by atoms with Gasteiger partial charge in [0.25, 0.3) is 5.91 Å². The van der Waals surface area contributed by atoms with Gasteiger partial charge in [0.1, 0.15) is 5.82 Å². The summed E-state index contributed by atoms with van der Waals surface area (Å²) in [6.07, 6.45) is 2.03. The van der Waals surface area contributed by atoms with Gasteiger partial charge in [-0.3, -0.25) is 4.79 Å². The first-order valence-electron chi connectivity index (χ1n) is 8.42. The quantitative estimate of drug-likeness (QED) is 0.690. The SMILES string of the molecule is Cc1ccccc1C(=O)N1CCn2cccc2[C@@H]1c1ccc(F)cc1. The van der Waals surface area contributed by atoms with Crippen molar-refractivity contribution in [1.29, 1.82) is 0 Å². The zero-order valence-corrected chi connectivity index (χ0v) is 14.0. The third-order valence-corrected chi connectivity index (χ3v) is 4.86. The van der Waals surface area contributed by atoms with Crippen LogP contribution in [0, 0.1) is 12.7 Å². The van der Waals surface area contributed by atoms with Gasteiger partial charge in [-0.1, -0.05) is 30.3 Å². The minimum atomic E-state index is -0.272. The summed E-state index contributed by atoms with van der Waals surface area (Å²) in [5, 5.41) is 0. The smallest absolute Gasteiger partial charge is 0.255 e. The molecule has 0 fully saturated rings. The highest BCUT2D eigenvalue weighted by Crippen LogP contribution is 2.33. The summed E-state index contributed by atoms with van der Waals surface area (Å²) in [6, 6.07) is 17.9. The zero-order valence-electron chi connectivity index (χ0n) is 14.0. The number of carbonyl (C=O) groups is 1. The van der Waals surface area contributed by atoms with Crippen molar-refractivity contribution in [3.05, 3.63) is 95.1 Å². The van der Waals surface area contributed by atoms with E-state index >= 15 is 0 Å². The zero-order chi connectivity index (χ0) is 17.4. The van der Waals surface area contributed by atoms with Gasteiger partial charge in [-0.25, -0.2) is 4.39 Å². The van der Waals surface area contributed by atoms with Crippen molar-refractivity contribution >= 4 is 5.91 Å². The number of hydrogen-bond acceptors (Lipinski definition) is 1. The Kier molecular flexibility index (Phi) is 3.88. The second-order valence-corrected chi connectivity index (χ2v) is 6.39. The molecule has 126 valence electrons. The van der Waals surface area contributed by atoms with Crippen LogP contribution in [0.2, 0.25) is 0 Å². The van der Waals surface area contributed by atoms with Gasteiger partial charge in [0.15, 0.2) is 0 Å². The van der Waals surface area contributed by atoms with Crippen LogP contribution in [0.5, 0.6) is 0 Å². The number of amides is 1. The number of halogens is 1. The third kappa shape index (κ3) is 2.74. The van der Waals surface area contributed by atoms with E-state index in [0.717, 1.165) is 28.9 Å². The Morgan fingerprint density at radius 1 is 1.00 bits per heavy atom. The van der Waals surface area contributed by atoms with Gasteiger partial charge in [0.2, 0.25) is 0 Å². The summed E-state index contributed by atoms with van der Waals surface area (Å²) in [5.74, 6) is -0.258. The molecule has 0 bridgehead atoms. The summed E-state index contributed by atoms with van der Waals surface area (Å²) in [6.45, 7) is 3.33. The first-order chi connectivity index (χ1) is 12.1. The summed E-state index contributed by atoms with van der Waals surface area (Å²) in [5.41, 5.74) is 3.66. The van der Waals surface area contributed by atoms with Crippen molar-refractivity contribution in [3.8, 4) is 0 Å². The van der Waals surface area contributed by atoms with Gasteiger partial charge in [-0.2, -0.15) is 0 Å². The molecule has 1 aromatic heterocycles. The fourth-order valence-corrected chi connectivity index (χ4v) is 3.57. The van der Waals surface area contributed by atoms with Crippen LogP contribution in [0.25, 0.3) is 0 Å². The molecule has 0 spiro atoms. The number of hydrogen-bond donors (Lipinski definition) is 0. The Labute approximate surface area is 146 Å². The molecule has 1 aliphatic rings. The lowest BCUT2D eigenvalue weighted by atomic mass is 9.98. The maximum absolute atomic E-state index is 13.4. The average Bonchev–Trinajstić information content (AvgIpc) is 3.10. The Bertz CT molecular complexity index is 914. The van der Waals surface area contributed by atoms with Crippen molar-refractivity contribution in [2.75, 3.05) is 6.54 Å². The number of nitrogens with zero attached hydrogens (tertiary/aromatic N) is 2. The fourth-order valence-electron chi connectivity index (χ4n) is 3.57. The highest BCUT2D eigenvalue weighted by Gasteiger charge is 2.33. The molecule has 0 radical (unpaired) electrons. The molecule has 0 aliphatic carbocycles. The number of aryl methyl sites for hydroxylation is 1. The lowest BCUT2D eigenvalue weighted by Gasteiger charge is -2.37. The molecule has 2 heterocycles. The van der Waals surface area contributed by atoms with Gasteiger partial charge in [-0.05, 0) is 48.4 Å². The monoisotopic (exact) mass is 334 g/mol. The Hall–Kier alpha value is -2.88. The van der Waals surface area contributed by atoms with Gasteiger partial charge in [0.05, 0.1) is 6.04 Å². The third-order valence-electron chi connectivity index (χ3n) is 4.86. The van der Waals surface area contributed by atoms with Gasteiger partial charge < -0.3 is 9.47 Å². The molecule has 0 unspecified atom stereocenters. The molecule has 0 saturated carbocycles. The predicted octanol–water partition coefficient (Wildman–Crippen LogP) is 4.18. The summed E-state index contributed by atoms with van der Waals surface area (Å²) < 4.78 is 15.5. The van der Waals surface area contributed by atoms with E-state index in [1.165, 1.54) is 12.1 Å². The van der Waals surface area contributed by atoms with E-state index in [1.54, 1.807) is 12.1 Å². The minimum absolute atomic E-state index is 0.0138. The average molecular weight is 334 g/mol. The molecule has 0 saturated heterocycles. The van der Waals surface area contributed by atoms with Gasteiger partial charge in [-0.15, -0.1) is 0 Å². The molecular formula is C21H19FN2O. The standard InChI is InChI=1S/C21H19FN2O/c1-15-5-2-3-6-18(15)21(25)24-14-13-23-12-4-7-19(23)20(24)16-8-10-17(22)11-9-16/h2-12,20H,13-14H2,1H3/t20-/m0/s1. The normalized spacial score (nSPS) is 16.6. The van der Waals surface area contributed by atoms with Crippen molar-refractivity contribution in [3.63, 3.8) is 0 Å². The molecule has 2 aromatic carbocycles. The van der Waals surface area contributed by atoms with Crippen molar-refractivity contribution in [2.24, 2.45) is 0 Å². The van der Waals surface area contributed by atoms with Gasteiger partial charge in [0, 0.05) is 30.5 Å². The highest BCUT2D eigenvalue weighted by molar-refractivity contribution is 5.96. The Morgan fingerprint density at radius 3 is 2.52 bits per heavy atom. The van der Waals surface area contributed by atoms with Crippen LogP contribution in [0.4, 0.5) is 4.39 Å². The van der Waals surface area contributed by atoms with Gasteiger partial charge >= 0.3 is 0 Å². The molecule has 3 nitrogen and oxygen atoms in total. The summed E-state index contributed by atoms with van der Waals surface area (Å²) in [7, 11) is 0. The Morgan fingerprint density at radius 2 is 1.76 bits per heavy atom. The molecule has 1 atom stereocenters. The fraction of sp³-hybridized carbons (Fsp3) is 0.190. The molecule has 0 N–H and O–H groups in total. The lowest BCUT2D eigenvalue weighted by molar-refractivity contribution is 0.0663. The van der Waals surface area contributed by atoms with E-state index in [2.05, 4.69) is 4.57 Å². The van der Waals surface area contributed by atoms with E-state index in [4.69, 9.17) is 0 Å². The number of carbonyl (C=O) groups excluding carboxylic acids is 1. The topological polar surface area (TPSA) is 25.2 Å². The second-order valence-electron chi connectivity index (χ2n) is 6.39. The number of fused-ring (bicyclic) bond motifs is 1. The van der Waals surface area contributed by atoms with Crippen LogP contribution in [0.3, 0.4) is 0 Å². The first kappa shape index (κ1) is 15.6. The molecule has 25 heavy (non-hydrogen) atoms. The molecule has 4 heteroatoms. The summed E-state index contributed by atoms with van der Waals surface area (Å²) >= 11 is 0. The predicted molar refractivity (Wildman–Crippen MR) is 94.9 cm³/mol. The van der Waals surface area contributed by atoms with Crippen LogP contribution in [-0.2, 0) is 6.54 Å². The maximum atomic E-state index is 13.4. The summed E-state index contributed by atoms with van der Waals surface area (Å²) in [4.78, 5) is 15.1. The van der Waals surface area contributed by atoms with Crippen LogP contribution < -0.4 is 0 Å². The lowest BCUT2D eigenvalue weighted by Crippen LogP contribution is -2.42. The van der Waals surface area contributed by atoms with E-state index in [1.807, 2.05) is 54.4 Å². The molecular weight excluding hydrogens is 315 g/mol. The first-order valence-corrected chi connectivity index (χ1v) is 8.42. The number of rotatable bonds is 2. The molecule has 4 rings (SSSR count). The van der Waals surface area contributed by atoms with Crippen LogP contribution in [-0.4, -0.2) is 21.9 Å². The molecule has 1 aliphatic heterocycles. The maximum Gasteiger partial charge on any atom is 0.255 e. The number of aromatic nitrogens is 1. The largest absolute Gasteiger partial charge is 0.348 e. The van der Waals surface area contributed by atoms with Crippen LogP contribution in [0.1, 0.15) is 33.2 Å². The molecule has 1 amide bonds. The van der Waals surface area contributed by atoms with Crippen LogP contribution in [0.15, 0.2) is 66.9 Å². The van der Waals surface area contributed by atoms with E-state index in [9.17, 15) is 9.18 Å². The minimum Gasteiger partial charge on any atom is -0.348 e. The van der Waals surface area contributed by atoms with E-state index in [-0.39, 0.29) is 17.8 Å². The van der Waals surface area contributed by atoms with E-state index < -0.39 is 0 Å². The highest BCUT2D eigenvalue weighted by atomic mass is 19.1. The van der Waals surface area contributed by atoms with E-state index in [0.29, 0.717) is 6.54 Å². The van der Waals surface area contributed by atoms with Crippen LogP contribution >= 0.6 is 0 Å². The van der Waals surface area contributed by atoms with Crippen molar-refractivity contribution in [1.82, 2.24) is 9.47 Å². The number of benzene rings is 2. The van der Waals surface area contributed by atoms with Crippen molar-refractivity contribution < 1.29 is 9.18 Å². The van der Waals surface area contributed by atoms with Crippen molar-refractivity contribution in [2.45, 2.75) is 19.5 Å². The molecule has 3 aromatic rings.